The molecule has 0 aliphatic carbocycles. The molecule has 100 valence electrons. The zero-order valence-electron chi connectivity index (χ0n) is 10.5. The number of hydrogen-bond acceptors (Lipinski definition) is 1. The summed E-state index contributed by atoms with van der Waals surface area (Å²) in [5, 5.41) is 0. The predicted molar refractivity (Wildman–Crippen MR) is 75.9 cm³/mol. The van der Waals surface area contributed by atoms with Crippen LogP contribution in [0.5, 0.6) is 0 Å². The Kier molecular flexibility index (Phi) is 4.32. The lowest BCUT2D eigenvalue weighted by Crippen LogP contribution is -2.13. The molecule has 0 bridgehead atoms. The molecular weight excluding hydrogens is 312 g/mol. The van der Waals surface area contributed by atoms with Crippen molar-refractivity contribution < 1.29 is 8.78 Å². The van der Waals surface area contributed by atoms with Gasteiger partial charge in [0.1, 0.15) is 0 Å². The van der Waals surface area contributed by atoms with E-state index in [4.69, 9.17) is 5.73 Å². The number of hydrogen-bond donors (Lipinski definition) is 1. The van der Waals surface area contributed by atoms with Gasteiger partial charge in [0.15, 0.2) is 11.6 Å². The van der Waals surface area contributed by atoms with E-state index < -0.39 is 11.6 Å². The van der Waals surface area contributed by atoms with E-state index in [9.17, 15) is 8.78 Å². The Hall–Kier alpha value is -1.26. The number of halogens is 3. The number of aryl methyl sites for hydroxylation is 1. The van der Waals surface area contributed by atoms with Gasteiger partial charge in [-0.15, -0.1) is 0 Å². The molecule has 0 amide bonds. The Morgan fingerprint density at radius 3 is 2.47 bits per heavy atom. The molecule has 2 rings (SSSR count). The molecule has 0 aliphatic rings. The first-order valence-corrected chi connectivity index (χ1v) is 6.72. The van der Waals surface area contributed by atoms with E-state index in [2.05, 4.69) is 15.9 Å². The first-order chi connectivity index (χ1) is 8.97. The van der Waals surface area contributed by atoms with Gasteiger partial charge in [0, 0.05) is 10.5 Å². The molecule has 0 aromatic heterocycles. The summed E-state index contributed by atoms with van der Waals surface area (Å²) in [5.41, 5.74) is 8.86. The van der Waals surface area contributed by atoms with E-state index in [1.54, 1.807) is 6.07 Å². The maximum atomic E-state index is 13.1. The summed E-state index contributed by atoms with van der Waals surface area (Å²) in [4.78, 5) is 0. The highest BCUT2D eigenvalue weighted by Gasteiger charge is 2.10. The molecule has 2 aromatic rings. The SMILES string of the molecule is Cc1cc(C(N)Cc2ccc(F)c(F)c2)ccc1Br. The zero-order valence-corrected chi connectivity index (χ0v) is 12.0. The lowest BCUT2D eigenvalue weighted by Gasteiger charge is -2.13. The molecular formula is C15H14BrF2N. The number of nitrogens with two attached hydrogens (primary N) is 1. The maximum Gasteiger partial charge on any atom is 0.159 e. The Morgan fingerprint density at radius 1 is 1.11 bits per heavy atom. The van der Waals surface area contributed by atoms with Gasteiger partial charge in [-0.05, 0) is 48.2 Å². The van der Waals surface area contributed by atoms with E-state index in [1.165, 1.54) is 6.07 Å². The first-order valence-electron chi connectivity index (χ1n) is 5.93. The topological polar surface area (TPSA) is 26.0 Å². The fraction of sp³-hybridized carbons (Fsp3) is 0.200. The van der Waals surface area contributed by atoms with E-state index in [0.717, 1.165) is 21.7 Å². The molecule has 4 heteroatoms. The van der Waals surface area contributed by atoms with Crippen molar-refractivity contribution in [3.63, 3.8) is 0 Å². The van der Waals surface area contributed by atoms with Crippen LogP contribution in [0.2, 0.25) is 0 Å². The van der Waals surface area contributed by atoms with Crippen LogP contribution in [0.25, 0.3) is 0 Å². The molecule has 1 atom stereocenters. The van der Waals surface area contributed by atoms with Crippen molar-refractivity contribution in [1.82, 2.24) is 0 Å². The summed E-state index contributed by atoms with van der Waals surface area (Å²) in [5.74, 6) is -1.67. The van der Waals surface area contributed by atoms with Crippen LogP contribution < -0.4 is 5.73 Å². The van der Waals surface area contributed by atoms with Crippen molar-refractivity contribution in [3.05, 3.63) is 69.2 Å². The monoisotopic (exact) mass is 325 g/mol. The summed E-state index contributed by atoms with van der Waals surface area (Å²) in [6.45, 7) is 1.98. The van der Waals surface area contributed by atoms with Crippen molar-refractivity contribution in [2.45, 2.75) is 19.4 Å². The summed E-state index contributed by atoms with van der Waals surface area (Å²) in [7, 11) is 0. The Labute approximate surface area is 119 Å². The van der Waals surface area contributed by atoms with E-state index in [-0.39, 0.29) is 6.04 Å². The molecule has 0 radical (unpaired) electrons. The average molecular weight is 326 g/mol. The Bertz CT molecular complexity index is 599. The molecule has 2 N–H and O–H groups in total. The average Bonchev–Trinajstić information content (AvgIpc) is 2.37. The second-order valence-electron chi connectivity index (χ2n) is 4.57. The van der Waals surface area contributed by atoms with Crippen molar-refractivity contribution in [2.75, 3.05) is 0 Å². The molecule has 19 heavy (non-hydrogen) atoms. The van der Waals surface area contributed by atoms with Crippen LogP contribution in [-0.2, 0) is 6.42 Å². The minimum Gasteiger partial charge on any atom is -0.324 e. The van der Waals surface area contributed by atoms with Gasteiger partial charge in [-0.1, -0.05) is 34.1 Å². The van der Waals surface area contributed by atoms with Crippen LogP contribution in [0.15, 0.2) is 40.9 Å². The minimum absolute atomic E-state index is 0.239. The lowest BCUT2D eigenvalue weighted by atomic mass is 9.98. The van der Waals surface area contributed by atoms with Crippen molar-refractivity contribution >= 4 is 15.9 Å². The maximum absolute atomic E-state index is 13.1. The smallest absolute Gasteiger partial charge is 0.159 e. The fourth-order valence-electron chi connectivity index (χ4n) is 1.94. The fourth-order valence-corrected chi connectivity index (χ4v) is 2.18. The van der Waals surface area contributed by atoms with Crippen LogP contribution in [0.3, 0.4) is 0 Å². The summed E-state index contributed by atoms with van der Waals surface area (Å²) < 4.78 is 27.0. The van der Waals surface area contributed by atoms with Crippen LogP contribution in [0.4, 0.5) is 8.78 Å². The second kappa shape index (κ2) is 5.80. The van der Waals surface area contributed by atoms with Gasteiger partial charge in [0.25, 0.3) is 0 Å². The third-order valence-electron chi connectivity index (χ3n) is 3.05. The molecule has 0 spiro atoms. The second-order valence-corrected chi connectivity index (χ2v) is 5.42. The molecule has 0 fully saturated rings. The molecule has 1 nitrogen and oxygen atoms in total. The zero-order chi connectivity index (χ0) is 14.0. The highest BCUT2D eigenvalue weighted by atomic mass is 79.9. The van der Waals surface area contributed by atoms with Gasteiger partial charge >= 0.3 is 0 Å². The molecule has 0 aliphatic heterocycles. The van der Waals surface area contributed by atoms with Crippen LogP contribution in [0, 0.1) is 18.6 Å². The van der Waals surface area contributed by atoms with Gasteiger partial charge < -0.3 is 5.73 Å². The number of benzene rings is 2. The summed E-state index contributed by atoms with van der Waals surface area (Å²) in [6, 6.07) is 9.51. The van der Waals surface area contributed by atoms with Crippen LogP contribution in [0.1, 0.15) is 22.7 Å². The highest BCUT2D eigenvalue weighted by molar-refractivity contribution is 9.10. The molecule has 0 saturated carbocycles. The first kappa shape index (κ1) is 14.2. The van der Waals surface area contributed by atoms with Gasteiger partial charge in [0.05, 0.1) is 0 Å². The van der Waals surface area contributed by atoms with Crippen LogP contribution >= 0.6 is 15.9 Å². The number of rotatable bonds is 3. The molecule has 0 heterocycles. The van der Waals surface area contributed by atoms with Gasteiger partial charge in [-0.3, -0.25) is 0 Å². The third kappa shape index (κ3) is 3.39. The quantitative estimate of drug-likeness (QED) is 0.895. The molecule has 0 saturated heterocycles. The van der Waals surface area contributed by atoms with Gasteiger partial charge in [-0.2, -0.15) is 0 Å². The third-order valence-corrected chi connectivity index (χ3v) is 3.94. The van der Waals surface area contributed by atoms with E-state index in [0.29, 0.717) is 12.0 Å². The summed E-state index contributed by atoms with van der Waals surface area (Å²) >= 11 is 3.43. The van der Waals surface area contributed by atoms with Crippen LogP contribution in [-0.4, -0.2) is 0 Å². The van der Waals surface area contributed by atoms with E-state index in [1.807, 2.05) is 25.1 Å². The lowest BCUT2D eigenvalue weighted by molar-refractivity contribution is 0.506. The van der Waals surface area contributed by atoms with Crippen molar-refractivity contribution in [2.24, 2.45) is 5.73 Å². The largest absolute Gasteiger partial charge is 0.324 e. The predicted octanol–water partition coefficient (Wildman–Crippen LogP) is 4.28. The Balaban J connectivity index is 2.17. The minimum atomic E-state index is -0.836. The van der Waals surface area contributed by atoms with E-state index >= 15 is 0 Å². The molecule has 2 aromatic carbocycles. The van der Waals surface area contributed by atoms with Crippen molar-refractivity contribution in [1.29, 1.82) is 0 Å². The highest BCUT2D eigenvalue weighted by Crippen LogP contribution is 2.23. The Morgan fingerprint density at radius 2 is 1.84 bits per heavy atom. The van der Waals surface area contributed by atoms with Gasteiger partial charge in [0.2, 0.25) is 0 Å². The summed E-state index contributed by atoms with van der Waals surface area (Å²) in [6.07, 6.45) is 0.471. The molecule has 1 unspecified atom stereocenters. The van der Waals surface area contributed by atoms with Gasteiger partial charge in [-0.25, -0.2) is 8.78 Å². The standard InChI is InChI=1S/C15H14BrF2N/c1-9-6-11(3-4-12(9)16)15(19)8-10-2-5-13(17)14(18)7-10/h2-7,15H,8,19H2,1H3. The normalized spacial score (nSPS) is 12.5. The van der Waals surface area contributed by atoms with Crippen molar-refractivity contribution in [3.8, 4) is 0 Å².